The van der Waals surface area contributed by atoms with Crippen LogP contribution in [0.4, 0.5) is 23.7 Å². The van der Waals surface area contributed by atoms with E-state index < -0.39 is 23.4 Å². The third-order valence-electron chi connectivity index (χ3n) is 2.26. The van der Waals surface area contributed by atoms with Crippen LogP contribution in [0.5, 0.6) is 0 Å². The van der Waals surface area contributed by atoms with Crippen molar-refractivity contribution in [2.75, 3.05) is 5.73 Å². The second-order valence-electron chi connectivity index (χ2n) is 5.27. The van der Waals surface area contributed by atoms with Gasteiger partial charge in [0, 0.05) is 12.2 Å². The third kappa shape index (κ3) is 4.99. The Balaban J connectivity index is 2.73. The molecule has 7 heteroatoms. The Morgan fingerprint density at radius 3 is 2.40 bits per heavy atom. The van der Waals surface area contributed by atoms with Gasteiger partial charge in [0.05, 0.1) is 5.56 Å². The summed E-state index contributed by atoms with van der Waals surface area (Å²) in [6, 6.07) is 3.49. The van der Waals surface area contributed by atoms with Crippen molar-refractivity contribution < 1.29 is 22.7 Å². The molecule has 0 aliphatic heterocycles. The van der Waals surface area contributed by atoms with Gasteiger partial charge in [-0.05, 0) is 38.5 Å². The van der Waals surface area contributed by atoms with E-state index in [1.54, 1.807) is 20.8 Å². The van der Waals surface area contributed by atoms with Crippen LogP contribution in [0.15, 0.2) is 18.2 Å². The van der Waals surface area contributed by atoms with Gasteiger partial charge in [-0.3, -0.25) is 0 Å². The molecule has 20 heavy (non-hydrogen) atoms. The highest BCUT2D eigenvalue weighted by atomic mass is 19.4. The van der Waals surface area contributed by atoms with Crippen molar-refractivity contribution in [1.82, 2.24) is 5.32 Å². The number of nitrogens with two attached hydrogens (primary N) is 1. The van der Waals surface area contributed by atoms with Gasteiger partial charge in [0.1, 0.15) is 5.60 Å². The van der Waals surface area contributed by atoms with E-state index in [1.165, 1.54) is 6.07 Å². The van der Waals surface area contributed by atoms with Crippen molar-refractivity contribution in [3.8, 4) is 0 Å². The predicted molar refractivity (Wildman–Crippen MR) is 68.9 cm³/mol. The second kappa shape index (κ2) is 5.60. The number of alkyl halides is 3. The van der Waals surface area contributed by atoms with Crippen molar-refractivity contribution >= 4 is 11.8 Å². The monoisotopic (exact) mass is 290 g/mol. The molecular weight excluding hydrogens is 273 g/mol. The van der Waals surface area contributed by atoms with Crippen LogP contribution in [0, 0.1) is 0 Å². The molecule has 1 rings (SSSR count). The highest BCUT2D eigenvalue weighted by Gasteiger charge is 2.33. The molecule has 0 atom stereocenters. The van der Waals surface area contributed by atoms with Crippen molar-refractivity contribution in [2.45, 2.75) is 39.1 Å². The molecule has 3 N–H and O–H groups in total. The Labute approximate surface area is 115 Å². The smallest absolute Gasteiger partial charge is 0.418 e. The summed E-state index contributed by atoms with van der Waals surface area (Å²) in [4.78, 5) is 11.4. The first-order valence-corrected chi connectivity index (χ1v) is 5.91. The molecule has 0 spiro atoms. The summed E-state index contributed by atoms with van der Waals surface area (Å²) in [5.74, 6) is 0. The lowest BCUT2D eigenvalue weighted by Gasteiger charge is -2.20. The Hall–Kier alpha value is -1.92. The van der Waals surface area contributed by atoms with Gasteiger partial charge in [0.25, 0.3) is 0 Å². The minimum Gasteiger partial charge on any atom is -0.444 e. The molecule has 112 valence electrons. The molecule has 0 saturated heterocycles. The van der Waals surface area contributed by atoms with E-state index >= 15 is 0 Å². The highest BCUT2D eigenvalue weighted by Crippen LogP contribution is 2.33. The first-order valence-electron chi connectivity index (χ1n) is 5.91. The lowest BCUT2D eigenvalue weighted by Crippen LogP contribution is -2.32. The van der Waals surface area contributed by atoms with Gasteiger partial charge >= 0.3 is 12.3 Å². The number of ether oxygens (including phenoxy) is 1. The van der Waals surface area contributed by atoms with Crippen LogP contribution in [0.3, 0.4) is 0 Å². The van der Waals surface area contributed by atoms with Crippen LogP contribution < -0.4 is 11.1 Å². The summed E-state index contributed by atoms with van der Waals surface area (Å²) in [6.07, 6.45) is -5.21. The van der Waals surface area contributed by atoms with Crippen molar-refractivity contribution in [1.29, 1.82) is 0 Å². The first kappa shape index (κ1) is 16.1. The maximum atomic E-state index is 12.7. The zero-order chi connectivity index (χ0) is 15.6. The molecule has 1 aromatic rings. The quantitative estimate of drug-likeness (QED) is 0.821. The van der Waals surface area contributed by atoms with E-state index in [1.807, 2.05) is 0 Å². The normalized spacial score (nSPS) is 12.1. The standard InChI is InChI=1S/C13H17F3N2O2/c1-12(2,3)20-11(19)18-7-8-4-5-10(17)9(6-8)13(14,15)16/h4-6H,7,17H2,1-3H3,(H,18,19). The molecule has 0 aliphatic carbocycles. The maximum Gasteiger partial charge on any atom is 0.418 e. The summed E-state index contributed by atoms with van der Waals surface area (Å²) in [5.41, 5.74) is 3.64. The van der Waals surface area contributed by atoms with Crippen LogP contribution in [-0.4, -0.2) is 11.7 Å². The van der Waals surface area contributed by atoms with Crippen LogP contribution in [0.1, 0.15) is 31.9 Å². The zero-order valence-corrected chi connectivity index (χ0v) is 11.5. The number of nitrogens with one attached hydrogen (secondary N) is 1. The number of hydrogen-bond acceptors (Lipinski definition) is 3. The minimum atomic E-state index is -4.52. The number of nitrogen functional groups attached to an aromatic ring is 1. The van der Waals surface area contributed by atoms with Gasteiger partial charge in [-0.1, -0.05) is 6.07 Å². The van der Waals surface area contributed by atoms with E-state index in [-0.39, 0.29) is 17.8 Å². The second-order valence-corrected chi connectivity index (χ2v) is 5.27. The Morgan fingerprint density at radius 1 is 1.30 bits per heavy atom. The molecular formula is C13H17F3N2O2. The first-order chi connectivity index (χ1) is 8.99. The number of amides is 1. The van der Waals surface area contributed by atoms with Crippen molar-refractivity contribution in [3.63, 3.8) is 0 Å². The SMILES string of the molecule is CC(C)(C)OC(=O)NCc1ccc(N)c(C(F)(F)F)c1. The number of anilines is 1. The summed E-state index contributed by atoms with van der Waals surface area (Å²) in [5, 5.41) is 2.38. The molecule has 1 aromatic carbocycles. The molecule has 4 nitrogen and oxygen atoms in total. The fraction of sp³-hybridized carbons (Fsp3) is 0.462. The number of rotatable bonds is 2. The maximum absolute atomic E-state index is 12.7. The van der Waals surface area contributed by atoms with Crippen molar-refractivity contribution in [3.05, 3.63) is 29.3 Å². The van der Waals surface area contributed by atoms with Gasteiger partial charge in [-0.15, -0.1) is 0 Å². The number of alkyl carbamates (subject to hydrolysis) is 1. The molecule has 0 saturated carbocycles. The summed E-state index contributed by atoms with van der Waals surface area (Å²) in [6.45, 7) is 5.00. The Bertz CT molecular complexity index is 493. The van der Waals surface area contributed by atoms with E-state index in [2.05, 4.69) is 5.32 Å². The van der Waals surface area contributed by atoms with Gasteiger partial charge < -0.3 is 15.8 Å². The summed E-state index contributed by atoms with van der Waals surface area (Å²) < 4.78 is 43.0. The third-order valence-corrected chi connectivity index (χ3v) is 2.26. The van der Waals surface area contributed by atoms with Crippen LogP contribution in [0.25, 0.3) is 0 Å². The van der Waals surface area contributed by atoms with Gasteiger partial charge in [-0.2, -0.15) is 13.2 Å². The number of carbonyl (C=O) groups excluding carboxylic acids is 1. The van der Waals surface area contributed by atoms with Gasteiger partial charge in [-0.25, -0.2) is 4.79 Å². The lowest BCUT2D eigenvalue weighted by atomic mass is 10.1. The average Bonchev–Trinajstić information content (AvgIpc) is 2.24. The molecule has 1 amide bonds. The molecule has 0 fully saturated rings. The van der Waals surface area contributed by atoms with Crippen LogP contribution in [-0.2, 0) is 17.5 Å². The van der Waals surface area contributed by atoms with Crippen LogP contribution in [0.2, 0.25) is 0 Å². The molecule has 0 unspecified atom stereocenters. The molecule has 0 heterocycles. The number of benzene rings is 1. The topological polar surface area (TPSA) is 64.3 Å². The van der Waals surface area contributed by atoms with Crippen molar-refractivity contribution in [2.24, 2.45) is 0 Å². The molecule has 0 aromatic heterocycles. The summed E-state index contributed by atoms with van der Waals surface area (Å²) >= 11 is 0. The highest BCUT2D eigenvalue weighted by molar-refractivity contribution is 5.67. The fourth-order valence-electron chi connectivity index (χ4n) is 1.45. The molecule has 0 radical (unpaired) electrons. The lowest BCUT2D eigenvalue weighted by molar-refractivity contribution is -0.136. The molecule has 0 bridgehead atoms. The van der Waals surface area contributed by atoms with E-state index in [0.717, 1.165) is 12.1 Å². The van der Waals surface area contributed by atoms with E-state index in [4.69, 9.17) is 10.5 Å². The fourth-order valence-corrected chi connectivity index (χ4v) is 1.45. The number of hydrogen-bond donors (Lipinski definition) is 2. The minimum absolute atomic E-state index is 0.0712. The van der Waals surface area contributed by atoms with E-state index in [0.29, 0.717) is 0 Å². The average molecular weight is 290 g/mol. The van der Waals surface area contributed by atoms with Gasteiger partial charge in [0.2, 0.25) is 0 Å². The van der Waals surface area contributed by atoms with Crippen LogP contribution >= 0.6 is 0 Å². The Kier molecular flexibility index (Phi) is 4.52. The number of halogens is 3. The predicted octanol–water partition coefficient (Wildman–Crippen LogP) is 3.31. The summed E-state index contributed by atoms with van der Waals surface area (Å²) in [7, 11) is 0. The van der Waals surface area contributed by atoms with Gasteiger partial charge in [0.15, 0.2) is 0 Å². The zero-order valence-electron chi connectivity index (χ0n) is 11.5. The molecule has 0 aliphatic rings. The number of carbonyl (C=O) groups is 1. The Morgan fingerprint density at radius 2 is 1.90 bits per heavy atom. The largest absolute Gasteiger partial charge is 0.444 e. The van der Waals surface area contributed by atoms with E-state index in [9.17, 15) is 18.0 Å².